The van der Waals surface area contributed by atoms with Crippen molar-refractivity contribution in [1.82, 2.24) is 0 Å². The second-order valence-electron chi connectivity index (χ2n) is 6.32. The molecule has 0 radical (unpaired) electrons. The molecule has 0 bridgehead atoms. The number of non-ortho nitro benzene ring substituents is 1. The van der Waals surface area contributed by atoms with Crippen molar-refractivity contribution in [2.24, 2.45) is 0 Å². The first-order chi connectivity index (χ1) is 14.8. The number of nitro groups is 1. The average Bonchev–Trinajstić information content (AvgIpc) is 2.99. The summed E-state index contributed by atoms with van der Waals surface area (Å²) in [6, 6.07) is 10.9. The van der Waals surface area contributed by atoms with Gasteiger partial charge in [0.1, 0.15) is 11.6 Å². The third-order valence-electron chi connectivity index (χ3n) is 4.42. The van der Waals surface area contributed by atoms with E-state index < -0.39 is 22.7 Å². The molecule has 2 amide bonds. The number of hydrogen-bond acceptors (Lipinski definition) is 7. The van der Waals surface area contributed by atoms with Gasteiger partial charge in [-0.25, -0.2) is 9.69 Å². The Balaban J connectivity index is 1.77. The lowest BCUT2D eigenvalue weighted by Gasteiger charge is -2.15. The summed E-state index contributed by atoms with van der Waals surface area (Å²) in [7, 11) is 0. The Hall–Kier alpha value is -3.56. The van der Waals surface area contributed by atoms with Gasteiger partial charge in [-0.05, 0) is 48.9 Å². The molecule has 0 N–H and O–H groups in total. The third kappa shape index (κ3) is 4.62. The molecular formula is C21H17ClN2O7. The first kappa shape index (κ1) is 22.1. The van der Waals surface area contributed by atoms with Gasteiger partial charge in [0.25, 0.3) is 17.5 Å². The Bertz CT molecular complexity index is 1060. The molecule has 2 aromatic carbocycles. The average molecular weight is 445 g/mol. The minimum Gasteiger partial charge on any atom is -0.460 e. The molecule has 9 nitrogen and oxygen atoms in total. The zero-order valence-electron chi connectivity index (χ0n) is 16.4. The number of benzene rings is 2. The summed E-state index contributed by atoms with van der Waals surface area (Å²) in [5.41, 5.74) is 0.537. The molecule has 0 saturated carbocycles. The number of ether oxygens (including phenoxy) is 2. The van der Waals surface area contributed by atoms with Crippen LogP contribution >= 0.6 is 11.6 Å². The first-order valence-corrected chi connectivity index (χ1v) is 9.61. The SMILES string of the molecule is CCOCCOC(=O)c1ccc(N2C(=O)C(Cl)=C(c3ccc([N+](=O)[O-])cc3)C2=O)cc1. The summed E-state index contributed by atoms with van der Waals surface area (Å²) in [6.45, 7) is 2.74. The van der Waals surface area contributed by atoms with E-state index in [2.05, 4.69) is 0 Å². The van der Waals surface area contributed by atoms with E-state index in [0.717, 1.165) is 4.90 Å². The van der Waals surface area contributed by atoms with E-state index in [9.17, 15) is 24.5 Å². The Morgan fingerprint density at radius 2 is 1.68 bits per heavy atom. The molecule has 10 heteroatoms. The number of nitrogens with zero attached hydrogens (tertiary/aromatic N) is 2. The first-order valence-electron chi connectivity index (χ1n) is 9.23. The van der Waals surface area contributed by atoms with E-state index in [4.69, 9.17) is 21.1 Å². The monoisotopic (exact) mass is 444 g/mol. The zero-order chi connectivity index (χ0) is 22.5. The van der Waals surface area contributed by atoms with Gasteiger partial charge in [0.15, 0.2) is 0 Å². The molecule has 0 saturated heterocycles. The van der Waals surface area contributed by atoms with Crippen LogP contribution in [0.2, 0.25) is 0 Å². The second-order valence-corrected chi connectivity index (χ2v) is 6.70. The zero-order valence-corrected chi connectivity index (χ0v) is 17.1. The Labute approximate surface area is 182 Å². The van der Waals surface area contributed by atoms with Crippen LogP contribution in [0, 0.1) is 10.1 Å². The van der Waals surface area contributed by atoms with Crippen LogP contribution in [0.15, 0.2) is 53.6 Å². The second kappa shape index (κ2) is 9.50. The molecule has 0 unspecified atom stereocenters. The minimum absolute atomic E-state index is 0.0547. The largest absolute Gasteiger partial charge is 0.460 e. The van der Waals surface area contributed by atoms with E-state index in [0.29, 0.717) is 6.61 Å². The molecule has 0 fully saturated rings. The molecular weight excluding hydrogens is 428 g/mol. The molecule has 1 aliphatic heterocycles. The summed E-state index contributed by atoms with van der Waals surface area (Å²) in [6.07, 6.45) is 0. The minimum atomic E-state index is -0.730. The lowest BCUT2D eigenvalue weighted by Crippen LogP contribution is -2.31. The highest BCUT2D eigenvalue weighted by molar-refractivity contribution is 6.60. The van der Waals surface area contributed by atoms with Crippen molar-refractivity contribution in [3.05, 3.63) is 74.8 Å². The van der Waals surface area contributed by atoms with Crippen LogP contribution in [0.1, 0.15) is 22.8 Å². The van der Waals surface area contributed by atoms with E-state index in [-0.39, 0.29) is 46.3 Å². The van der Waals surface area contributed by atoms with Crippen LogP contribution in [-0.2, 0) is 19.1 Å². The summed E-state index contributed by atoms with van der Waals surface area (Å²) in [5, 5.41) is 10.5. The van der Waals surface area contributed by atoms with Gasteiger partial charge in [0.05, 0.1) is 28.4 Å². The van der Waals surface area contributed by atoms with Crippen molar-refractivity contribution in [2.45, 2.75) is 6.92 Å². The fourth-order valence-corrected chi connectivity index (χ4v) is 3.18. The van der Waals surface area contributed by atoms with Crippen molar-refractivity contribution in [1.29, 1.82) is 0 Å². The molecule has 1 heterocycles. The van der Waals surface area contributed by atoms with E-state index in [1.165, 1.54) is 48.5 Å². The summed E-state index contributed by atoms with van der Waals surface area (Å²) in [4.78, 5) is 48.6. The van der Waals surface area contributed by atoms with Crippen molar-refractivity contribution in [2.75, 3.05) is 24.7 Å². The van der Waals surface area contributed by atoms with Gasteiger partial charge >= 0.3 is 5.97 Å². The summed E-state index contributed by atoms with van der Waals surface area (Å²) >= 11 is 6.12. The van der Waals surface area contributed by atoms with Crippen molar-refractivity contribution in [3.63, 3.8) is 0 Å². The van der Waals surface area contributed by atoms with E-state index >= 15 is 0 Å². The summed E-state index contributed by atoms with van der Waals surface area (Å²) < 4.78 is 10.2. The highest BCUT2D eigenvalue weighted by Gasteiger charge is 2.39. The van der Waals surface area contributed by atoms with Crippen LogP contribution in [0.5, 0.6) is 0 Å². The number of carbonyl (C=O) groups excluding carboxylic acids is 3. The maximum absolute atomic E-state index is 12.9. The number of hydrogen-bond donors (Lipinski definition) is 0. The Kier molecular flexibility index (Phi) is 6.78. The standard InChI is InChI=1S/C21H17ClN2O7/c1-2-30-11-12-31-21(27)14-5-7-15(8-6-14)23-19(25)17(18(22)20(23)26)13-3-9-16(10-4-13)24(28)29/h3-10H,2,11-12H2,1H3. The van der Waals surface area contributed by atoms with Crippen molar-refractivity contribution < 1.29 is 28.8 Å². The lowest BCUT2D eigenvalue weighted by molar-refractivity contribution is -0.384. The Morgan fingerprint density at radius 1 is 1.03 bits per heavy atom. The number of amides is 2. The third-order valence-corrected chi connectivity index (χ3v) is 4.77. The maximum Gasteiger partial charge on any atom is 0.338 e. The van der Waals surface area contributed by atoms with Gasteiger partial charge in [0.2, 0.25) is 0 Å². The number of rotatable bonds is 8. The van der Waals surface area contributed by atoms with Crippen molar-refractivity contribution in [3.8, 4) is 0 Å². The fraction of sp³-hybridized carbons (Fsp3) is 0.190. The van der Waals surface area contributed by atoms with Gasteiger partial charge in [0, 0.05) is 18.7 Å². The Morgan fingerprint density at radius 3 is 2.26 bits per heavy atom. The van der Waals surface area contributed by atoms with Gasteiger partial charge in [-0.3, -0.25) is 19.7 Å². The van der Waals surface area contributed by atoms with Crippen LogP contribution in [0.3, 0.4) is 0 Å². The summed E-state index contributed by atoms with van der Waals surface area (Å²) in [5.74, 6) is -1.96. The molecule has 0 aromatic heterocycles. The van der Waals surface area contributed by atoms with Crippen LogP contribution < -0.4 is 4.90 Å². The number of anilines is 1. The molecule has 31 heavy (non-hydrogen) atoms. The molecule has 0 aliphatic carbocycles. The van der Waals surface area contributed by atoms with E-state index in [1.807, 2.05) is 6.92 Å². The van der Waals surface area contributed by atoms with Crippen LogP contribution in [0.25, 0.3) is 5.57 Å². The number of esters is 1. The van der Waals surface area contributed by atoms with E-state index in [1.54, 1.807) is 0 Å². The van der Waals surface area contributed by atoms with Crippen LogP contribution in [0.4, 0.5) is 11.4 Å². The lowest BCUT2D eigenvalue weighted by atomic mass is 10.1. The number of imide groups is 1. The van der Waals surface area contributed by atoms with Gasteiger partial charge in [-0.2, -0.15) is 0 Å². The fourth-order valence-electron chi connectivity index (χ4n) is 2.91. The maximum atomic E-state index is 12.9. The topological polar surface area (TPSA) is 116 Å². The van der Waals surface area contributed by atoms with Gasteiger partial charge in [-0.1, -0.05) is 11.6 Å². The molecule has 0 atom stereocenters. The number of halogens is 1. The quantitative estimate of drug-likeness (QED) is 0.201. The number of nitro benzene ring substituents is 1. The molecule has 160 valence electrons. The van der Waals surface area contributed by atoms with Gasteiger partial charge in [-0.15, -0.1) is 0 Å². The smallest absolute Gasteiger partial charge is 0.338 e. The molecule has 1 aliphatic rings. The van der Waals surface area contributed by atoms with Gasteiger partial charge < -0.3 is 9.47 Å². The predicted molar refractivity (Wildman–Crippen MR) is 112 cm³/mol. The predicted octanol–water partition coefficient (Wildman–Crippen LogP) is 3.31. The normalized spacial score (nSPS) is 13.7. The number of carbonyl (C=O) groups is 3. The highest BCUT2D eigenvalue weighted by atomic mass is 35.5. The van der Waals surface area contributed by atoms with Crippen LogP contribution in [-0.4, -0.2) is 42.5 Å². The molecule has 0 spiro atoms. The highest BCUT2D eigenvalue weighted by Crippen LogP contribution is 2.35. The molecule has 2 aromatic rings. The van der Waals surface area contributed by atoms with Crippen molar-refractivity contribution >= 4 is 46.3 Å². The molecule has 3 rings (SSSR count).